The lowest BCUT2D eigenvalue weighted by Gasteiger charge is -2.12. The number of amides is 1. The lowest BCUT2D eigenvalue weighted by molar-refractivity contribution is 0.0935. The molecule has 88 valence electrons. The molecule has 0 spiro atoms. The van der Waals surface area contributed by atoms with Gasteiger partial charge in [0.1, 0.15) is 5.69 Å². The number of hydrogen-bond donors (Lipinski definition) is 1. The molecule has 0 fully saturated rings. The quantitative estimate of drug-likeness (QED) is 0.897. The fraction of sp³-hybridized carbons (Fsp3) is 0.250. The third-order valence-corrected chi connectivity index (χ3v) is 3.16. The lowest BCUT2D eigenvalue weighted by Crippen LogP contribution is -2.34. The molecule has 2 rings (SSSR count). The van der Waals surface area contributed by atoms with Gasteiger partial charge in [-0.25, -0.2) is 4.98 Å². The third kappa shape index (κ3) is 3.35. The van der Waals surface area contributed by atoms with Gasteiger partial charge in [0.15, 0.2) is 0 Å². The molecule has 0 aliphatic carbocycles. The number of hydrogen-bond acceptors (Lipinski definition) is 4. The first kappa shape index (κ1) is 11.7. The van der Waals surface area contributed by atoms with Gasteiger partial charge >= 0.3 is 0 Å². The Balaban J connectivity index is 1.91. The van der Waals surface area contributed by atoms with Gasteiger partial charge in [0.2, 0.25) is 0 Å². The Morgan fingerprint density at radius 3 is 3.06 bits per heavy atom. The fourth-order valence-electron chi connectivity index (χ4n) is 1.50. The molecule has 17 heavy (non-hydrogen) atoms. The standard InChI is InChI=1S/C12H13N3OS/c1-9(7-10-3-2-6-17-10)15-12(16)11-8-13-4-5-14-11/h2-6,8-9H,7H2,1H3,(H,15,16)/t9-/m0/s1. The summed E-state index contributed by atoms with van der Waals surface area (Å²) in [5.41, 5.74) is 0.352. The SMILES string of the molecule is C[C@@H](Cc1cccs1)NC(=O)c1cnccn1. The normalized spacial score (nSPS) is 12.1. The molecule has 0 saturated heterocycles. The van der Waals surface area contributed by atoms with Gasteiger partial charge in [-0.05, 0) is 18.4 Å². The summed E-state index contributed by atoms with van der Waals surface area (Å²) in [6, 6.07) is 4.16. The highest BCUT2D eigenvalue weighted by Crippen LogP contribution is 2.11. The van der Waals surface area contributed by atoms with Gasteiger partial charge in [0, 0.05) is 29.7 Å². The monoisotopic (exact) mass is 247 g/mol. The van der Waals surface area contributed by atoms with Crippen LogP contribution in [0.15, 0.2) is 36.1 Å². The Labute approximate surface area is 104 Å². The van der Waals surface area contributed by atoms with Crippen molar-refractivity contribution in [2.24, 2.45) is 0 Å². The summed E-state index contributed by atoms with van der Waals surface area (Å²) in [4.78, 5) is 20.9. The van der Waals surface area contributed by atoms with Crippen LogP contribution < -0.4 is 5.32 Å². The molecule has 0 aliphatic rings. The number of nitrogens with zero attached hydrogens (tertiary/aromatic N) is 2. The van der Waals surface area contributed by atoms with E-state index >= 15 is 0 Å². The molecule has 2 aromatic heterocycles. The van der Waals surface area contributed by atoms with Crippen molar-refractivity contribution >= 4 is 17.2 Å². The Kier molecular flexibility index (Phi) is 3.82. The first-order chi connectivity index (χ1) is 8.25. The molecule has 0 radical (unpaired) electrons. The smallest absolute Gasteiger partial charge is 0.271 e. The minimum Gasteiger partial charge on any atom is -0.348 e. The van der Waals surface area contributed by atoms with Crippen molar-refractivity contribution in [3.63, 3.8) is 0 Å². The Hall–Kier alpha value is -1.75. The molecule has 0 aliphatic heterocycles. The number of aromatic nitrogens is 2. The first-order valence-electron chi connectivity index (χ1n) is 5.35. The van der Waals surface area contributed by atoms with Gasteiger partial charge in [-0.1, -0.05) is 6.07 Å². The predicted octanol–water partition coefficient (Wildman–Crippen LogP) is 1.90. The molecule has 0 bridgehead atoms. The van der Waals surface area contributed by atoms with Crippen LogP contribution in [0, 0.1) is 0 Å². The number of carbonyl (C=O) groups is 1. The second kappa shape index (κ2) is 5.54. The second-order valence-electron chi connectivity index (χ2n) is 3.75. The van der Waals surface area contributed by atoms with Crippen molar-refractivity contribution in [1.82, 2.24) is 15.3 Å². The number of rotatable bonds is 4. The van der Waals surface area contributed by atoms with Crippen LogP contribution in [0.5, 0.6) is 0 Å². The minimum atomic E-state index is -0.179. The minimum absolute atomic E-state index is 0.0863. The number of nitrogens with one attached hydrogen (secondary N) is 1. The number of thiophene rings is 1. The highest BCUT2D eigenvalue weighted by molar-refractivity contribution is 7.09. The largest absolute Gasteiger partial charge is 0.348 e. The first-order valence-corrected chi connectivity index (χ1v) is 6.23. The van der Waals surface area contributed by atoms with E-state index in [0.29, 0.717) is 5.69 Å². The Morgan fingerprint density at radius 1 is 1.53 bits per heavy atom. The van der Waals surface area contributed by atoms with E-state index in [1.807, 2.05) is 18.4 Å². The van der Waals surface area contributed by atoms with E-state index < -0.39 is 0 Å². The molecular weight excluding hydrogens is 234 g/mol. The zero-order chi connectivity index (χ0) is 12.1. The van der Waals surface area contributed by atoms with E-state index in [9.17, 15) is 4.79 Å². The molecule has 1 amide bonds. The van der Waals surface area contributed by atoms with Crippen molar-refractivity contribution in [3.8, 4) is 0 Å². The van der Waals surface area contributed by atoms with Gasteiger partial charge in [-0.2, -0.15) is 0 Å². The molecular formula is C12H13N3OS. The van der Waals surface area contributed by atoms with Gasteiger partial charge < -0.3 is 5.32 Å². The van der Waals surface area contributed by atoms with Crippen molar-refractivity contribution in [2.45, 2.75) is 19.4 Å². The van der Waals surface area contributed by atoms with E-state index in [2.05, 4.69) is 21.4 Å². The summed E-state index contributed by atoms with van der Waals surface area (Å²) >= 11 is 1.69. The van der Waals surface area contributed by atoms with Crippen LogP contribution in [0.4, 0.5) is 0 Å². The average molecular weight is 247 g/mol. The van der Waals surface area contributed by atoms with Crippen LogP contribution in [0.2, 0.25) is 0 Å². The van der Waals surface area contributed by atoms with Crippen LogP contribution >= 0.6 is 11.3 Å². The molecule has 1 atom stereocenters. The summed E-state index contributed by atoms with van der Waals surface area (Å²) in [7, 11) is 0. The predicted molar refractivity (Wildman–Crippen MR) is 67.0 cm³/mol. The molecule has 0 unspecified atom stereocenters. The van der Waals surface area contributed by atoms with Gasteiger partial charge in [-0.15, -0.1) is 11.3 Å². The van der Waals surface area contributed by atoms with Gasteiger partial charge in [0.25, 0.3) is 5.91 Å². The maximum absolute atomic E-state index is 11.8. The highest BCUT2D eigenvalue weighted by atomic mass is 32.1. The Bertz CT molecular complexity index is 470. The van der Waals surface area contributed by atoms with Crippen LogP contribution in [0.25, 0.3) is 0 Å². The second-order valence-corrected chi connectivity index (χ2v) is 4.78. The van der Waals surface area contributed by atoms with Crippen LogP contribution in [-0.2, 0) is 6.42 Å². The maximum Gasteiger partial charge on any atom is 0.271 e. The van der Waals surface area contributed by atoms with Crippen molar-refractivity contribution in [1.29, 1.82) is 0 Å². The molecule has 0 aromatic carbocycles. The summed E-state index contributed by atoms with van der Waals surface area (Å²) in [6.45, 7) is 1.98. The maximum atomic E-state index is 11.8. The van der Waals surface area contributed by atoms with Gasteiger partial charge in [-0.3, -0.25) is 9.78 Å². The van der Waals surface area contributed by atoms with Crippen LogP contribution in [0.1, 0.15) is 22.3 Å². The topological polar surface area (TPSA) is 54.9 Å². The van der Waals surface area contributed by atoms with Crippen LogP contribution in [-0.4, -0.2) is 21.9 Å². The summed E-state index contributed by atoms with van der Waals surface area (Å²) in [5.74, 6) is -0.179. The van der Waals surface area contributed by atoms with E-state index in [-0.39, 0.29) is 11.9 Å². The lowest BCUT2D eigenvalue weighted by atomic mass is 10.2. The fourth-order valence-corrected chi connectivity index (χ4v) is 2.33. The third-order valence-electron chi connectivity index (χ3n) is 2.26. The average Bonchev–Trinajstić information content (AvgIpc) is 2.82. The van der Waals surface area contributed by atoms with E-state index in [1.165, 1.54) is 17.3 Å². The molecule has 4 nitrogen and oxygen atoms in total. The van der Waals surface area contributed by atoms with Crippen molar-refractivity contribution in [3.05, 3.63) is 46.7 Å². The van der Waals surface area contributed by atoms with E-state index in [4.69, 9.17) is 0 Å². The number of carbonyl (C=O) groups excluding carboxylic acids is 1. The Morgan fingerprint density at radius 2 is 2.41 bits per heavy atom. The molecule has 2 aromatic rings. The zero-order valence-corrected chi connectivity index (χ0v) is 10.3. The van der Waals surface area contributed by atoms with Gasteiger partial charge in [0.05, 0.1) is 6.20 Å². The highest BCUT2D eigenvalue weighted by Gasteiger charge is 2.11. The molecule has 5 heteroatoms. The molecule has 1 N–H and O–H groups in total. The van der Waals surface area contributed by atoms with E-state index in [1.54, 1.807) is 17.5 Å². The zero-order valence-electron chi connectivity index (χ0n) is 9.46. The summed E-state index contributed by atoms with van der Waals surface area (Å²) in [5, 5.41) is 4.93. The summed E-state index contributed by atoms with van der Waals surface area (Å²) in [6.07, 6.45) is 5.36. The van der Waals surface area contributed by atoms with E-state index in [0.717, 1.165) is 6.42 Å². The van der Waals surface area contributed by atoms with Crippen molar-refractivity contribution < 1.29 is 4.79 Å². The molecule has 0 saturated carbocycles. The molecule has 2 heterocycles. The van der Waals surface area contributed by atoms with Crippen LogP contribution in [0.3, 0.4) is 0 Å². The summed E-state index contributed by atoms with van der Waals surface area (Å²) < 4.78 is 0. The van der Waals surface area contributed by atoms with Crippen molar-refractivity contribution in [2.75, 3.05) is 0 Å².